The van der Waals surface area contributed by atoms with E-state index in [1.807, 2.05) is 0 Å². The first-order valence-corrected chi connectivity index (χ1v) is 4.80. The van der Waals surface area contributed by atoms with Crippen molar-refractivity contribution in [3.63, 3.8) is 0 Å². The third kappa shape index (κ3) is 1.24. The van der Waals surface area contributed by atoms with Gasteiger partial charge in [0.05, 0.1) is 0 Å². The van der Waals surface area contributed by atoms with Gasteiger partial charge in [0.2, 0.25) is 0 Å². The summed E-state index contributed by atoms with van der Waals surface area (Å²) in [4.78, 5) is 3.41. The number of rotatable bonds is 1. The Kier molecular flexibility index (Phi) is 1.87. The molecule has 0 unspecified atom stereocenters. The summed E-state index contributed by atoms with van der Waals surface area (Å²) in [6.07, 6.45) is 1.11. The van der Waals surface area contributed by atoms with Crippen molar-refractivity contribution in [2.24, 2.45) is 0 Å². The number of hydrogen-bond acceptors (Lipinski definition) is 0. The van der Waals surface area contributed by atoms with Gasteiger partial charge >= 0.3 is 0 Å². The van der Waals surface area contributed by atoms with E-state index in [0.717, 1.165) is 6.42 Å². The van der Waals surface area contributed by atoms with Crippen LogP contribution in [0.3, 0.4) is 0 Å². The zero-order chi connectivity index (χ0) is 9.42. The van der Waals surface area contributed by atoms with E-state index in [2.05, 4.69) is 44.0 Å². The highest BCUT2D eigenvalue weighted by Crippen LogP contribution is 2.23. The predicted molar refractivity (Wildman–Crippen MR) is 57.2 cm³/mol. The van der Waals surface area contributed by atoms with Crippen LogP contribution in [0.4, 0.5) is 0 Å². The van der Waals surface area contributed by atoms with E-state index in [1.165, 1.54) is 27.7 Å². The largest absolute Gasteiger partial charge is 0.358 e. The van der Waals surface area contributed by atoms with Crippen molar-refractivity contribution < 1.29 is 0 Å². The van der Waals surface area contributed by atoms with Gasteiger partial charge in [-0.05, 0) is 38.0 Å². The lowest BCUT2D eigenvalue weighted by Crippen LogP contribution is -1.80. The van der Waals surface area contributed by atoms with Crippen LogP contribution in [0.5, 0.6) is 0 Å². The second kappa shape index (κ2) is 2.91. The molecular formula is C12H15N. The Morgan fingerprint density at radius 2 is 2.00 bits per heavy atom. The topological polar surface area (TPSA) is 15.8 Å². The molecule has 0 fully saturated rings. The first-order valence-electron chi connectivity index (χ1n) is 4.80. The van der Waals surface area contributed by atoms with Gasteiger partial charge in [0.1, 0.15) is 0 Å². The fourth-order valence-electron chi connectivity index (χ4n) is 1.95. The van der Waals surface area contributed by atoms with E-state index >= 15 is 0 Å². The molecule has 1 heterocycles. The van der Waals surface area contributed by atoms with Crippen LogP contribution < -0.4 is 0 Å². The van der Waals surface area contributed by atoms with E-state index in [9.17, 15) is 0 Å². The summed E-state index contributed by atoms with van der Waals surface area (Å²) < 4.78 is 0. The van der Waals surface area contributed by atoms with E-state index in [0.29, 0.717) is 0 Å². The summed E-state index contributed by atoms with van der Waals surface area (Å²) in [5.41, 5.74) is 5.36. The Labute approximate surface area is 78.8 Å². The number of H-pyrrole nitrogens is 1. The molecule has 0 aliphatic rings. The summed E-state index contributed by atoms with van der Waals surface area (Å²) in [6, 6.07) is 6.58. The highest BCUT2D eigenvalue weighted by atomic mass is 14.7. The average molecular weight is 173 g/mol. The highest BCUT2D eigenvalue weighted by Gasteiger charge is 2.05. The number of hydrogen-bond donors (Lipinski definition) is 1. The average Bonchev–Trinajstić information content (AvgIpc) is 2.40. The van der Waals surface area contributed by atoms with Crippen molar-refractivity contribution in [3.05, 3.63) is 35.0 Å². The molecule has 0 atom stereocenters. The summed E-state index contributed by atoms with van der Waals surface area (Å²) in [7, 11) is 0. The number of aromatic nitrogens is 1. The summed E-state index contributed by atoms with van der Waals surface area (Å²) in [6.45, 7) is 6.49. The van der Waals surface area contributed by atoms with Gasteiger partial charge in [-0.3, -0.25) is 0 Å². The molecule has 0 aliphatic heterocycles. The lowest BCUT2D eigenvalue weighted by molar-refractivity contribution is 1.11. The number of fused-ring (bicyclic) bond motifs is 1. The Morgan fingerprint density at radius 1 is 1.23 bits per heavy atom. The Balaban J connectivity index is 2.80. The second-order valence-electron chi connectivity index (χ2n) is 3.63. The maximum Gasteiger partial charge on any atom is 0.0459 e. The van der Waals surface area contributed by atoms with Crippen molar-refractivity contribution in [2.75, 3.05) is 0 Å². The minimum absolute atomic E-state index is 1.11. The number of benzene rings is 1. The Bertz CT molecular complexity index is 438. The molecule has 1 nitrogen and oxygen atoms in total. The van der Waals surface area contributed by atoms with Crippen LogP contribution in [0.1, 0.15) is 23.7 Å². The van der Waals surface area contributed by atoms with Crippen LogP contribution in [0.2, 0.25) is 0 Å². The van der Waals surface area contributed by atoms with Crippen LogP contribution in [-0.4, -0.2) is 4.98 Å². The van der Waals surface area contributed by atoms with Crippen molar-refractivity contribution in [3.8, 4) is 0 Å². The molecule has 1 aromatic carbocycles. The third-order valence-corrected chi connectivity index (χ3v) is 2.63. The molecule has 0 radical (unpaired) electrons. The molecule has 13 heavy (non-hydrogen) atoms. The fraction of sp³-hybridized carbons (Fsp3) is 0.333. The monoisotopic (exact) mass is 173 g/mol. The number of aromatic amines is 1. The standard InChI is InChI=1S/C12H15N/c1-4-10-9(3)13-12-6-5-8(2)7-11(10)12/h5-7,13H,4H2,1-3H3. The quantitative estimate of drug-likeness (QED) is 0.680. The predicted octanol–water partition coefficient (Wildman–Crippen LogP) is 3.35. The van der Waals surface area contributed by atoms with E-state index in [-0.39, 0.29) is 0 Å². The van der Waals surface area contributed by atoms with Gasteiger partial charge in [-0.25, -0.2) is 0 Å². The third-order valence-electron chi connectivity index (χ3n) is 2.63. The maximum absolute atomic E-state index is 3.41. The zero-order valence-electron chi connectivity index (χ0n) is 8.44. The summed E-state index contributed by atoms with van der Waals surface area (Å²) >= 11 is 0. The Morgan fingerprint density at radius 3 is 2.69 bits per heavy atom. The van der Waals surface area contributed by atoms with Crippen molar-refractivity contribution in [1.82, 2.24) is 4.98 Å². The lowest BCUT2D eigenvalue weighted by Gasteiger charge is -1.96. The van der Waals surface area contributed by atoms with Gasteiger partial charge in [0.15, 0.2) is 0 Å². The lowest BCUT2D eigenvalue weighted by atomic mass is 10.1. The first kappa shape index (κ1) is 8.36. The summed E-state index contributed by atoms with van der Waals surface area (Å²) in [5.74, 6) is 0. The zero-order valence-corrected chi connectivity index (χ0v) is 8.44. The van der Waals surface area contributed by atoms with Gasteiger partial charge in [-0.1, -0.05) is 18.6 Å². The van der Waals surface area contributed by atoms with Crippen molar-refractivity contribution in [2.45, 2.75) is 27.2 Å². The molecule has 0 aliphatic carbocycles. The molecule has 0 spiro atoms. The molecule has 68 valence electrons. The summed E-state index contributed by atoms with van der Waals surface area (Å²) in [5, 5.41) is 1.39. The molecular weight excluding hydrogens is 158 g/mol. The molecule has 0 bridgehead atoms. The molecule has 0 saturated heterocycles. The van der Waals surface area contributed by atoms with E-state index in [4.69, 9.17) is 0 Å². The second-order valence-corrected chi connectivity index (χ2v) is 3.63. The van der Waals surface area contributed by atoms with Crippen molar-refractivity contribution in [1.29, 1.82) is 0 Å². The van der Waals surface area contributed by atoms with Crippen LogP contribution in [0.15, 0.2) is 18.2 Å². The minimum atomic E-state index is 1.11. The molecule has 1 aromatic heterocycles. The smallest absolute Gasteiger partial charge is 0.0459 e. The van der Waals surface area contributed by atoms with E-state index < -0.39 is 0 Å². The van der Waals surface area contributed by atoms with Crippen molar-refractivity contribution >= 4 is 10.9 Å². The maximum atomic E-state index is 3.41. The van der Waals surface area contributed by atoms with Crippen LogP contribution in [-0.2, 0) is 6.42 Å². The molecule has 0 saturated carbocycles. The number of nitrogens with one attached hydrogen (secondary N) is 1. The van der Waals surface area contributed by atoms with Gasteiger partial charge in [-0.15, -0.1) is 0 Å². The highest BCUT2D eigenvalue weighted by molar-refractivity contribution is 5.85. The number of aryl methyl sites for hydroxylation is 3. The van der Waals surface area contributed by atoms with Crippen LogP contribution in [0.25, 0.3) is 10.9 Å². The van der Waals surface area contributed by atoms with E-state index in [1.54, 1.807) is 0 Å². The normalized spacial score (nSPS) is 11.0. The van der Waals surface area contributed by atoms with Gasteiger partial charge in [0.25, 0.3) is 0 Å². The van der Waals surface area contributed by atoms with Crippen LogP contribution in [0, 0.1) is 13.8 Å². The van der Waals surface area contributed by atoms with Gasteiger partial charge in [-0.2, -0.15) is 0 Å². The molecule has 0 amide bonds. The first-order chi connectivity index (χ1) is 6.22. The SMILES string of the molecule is CCc1c(C)[nH]c2ccc(C)cc12. The molecule has 2 rings (SSSR count). The molecule has 1 heteroatoms. The van der Waals surface area contributed by atoms with Gasteiger partial charge in [0, 0.05) is 16.6 Å². The minimum Gasteiger partial charge on any atom is -0.358 e. The van der Waals surface area contributed by atoms with Gasteiger partial charge < -0.3 is 4.98 Å². The molecule has 1 N–H and O–H groups in total. The Hall–Kier alpha value is -1.24. The fourth-order valence-corrected chi connectivity index (χ4v) is 1.95. The van der Waals surface area contributed by atoms with Crippen LogP contribution >= 0.6 is 0 Å². The molecule has 2 aromatic rings.